The average Bonchev–Trinajstić information content (AvgIpc) is 2.71. The minimum Gasteiger partial charge on any atom is -0.481 e. The van der Waals surface area contributed by atoms with Gasteiger partial charge in [-0.25, -0.2) is 0 Å². The Morgan fingerprint density at radius 3 is 2.72 bits per heavy atom. The molecular weight excluding hydrogens is 256 g/mol. The molecule has 0 unspecified atom stereocenters. The van der Waals surface area contributed by atoms with Gasteiger partial charge in [-0.2, -0.15) is 0 Å². The van der Waals surface area contributed by atoms with Crippen molar-refractivity contribution in [3.8, 4) is 0 Å². The summed E-state index contributed by atoms with van der Waals surface area (Å²) < 4.78 is 0. The lowest BCUT2D eigenvalue weighted by molar-refractivity contribution is -0.380. The summed E-state index contributed by atoms with van der Waals surface area (Å²) in [5.41, 5.74) is 0.853. The van der Waals surface area contributed by atoms with Crippen LogP contribution >= 0.6 is 11.3 Å². The highest BCUT2D eigenvalue weighted by molar-refractivity contribution is 7.13. The van der Waals surface area contributed by atoms with E-state index in [9.17, 15) is 14.9 Å². The number of rotatable bonds is 7. The molecule has 0 aliphatic rings. The van der Waals surface area contributed by atoms with Gasteiger partial charge in [-0.3, -0.25) is 19.8 Å². The highest BCUT2D eigenvalue weighted by atomic mass is 32.1. The summed E-state index contributed by atoms with van der Waals surface area (Å²) in [6.45, 7) is 4.93. The van der Waals surface area contributed by atoms with E-state index in [0.29, 0.717) is 13.1 Å². The standard InChI is InChI=1S/C11H16N2O4S/c1-8(2)12(4-3-11(14)15)6-9-5-10(13(16)17)18-7-9/h5,7-8H,3-4,6H2,1-2H3,(H,14,15). The normalized spacial score (nSPS) is 11.1. The highest BCUT2D eigenvalue weighted by Crippen LogP contribution is 2.24. The third-order valence-electron chi connectivity index (χ3n) is 2.55. The van der Waals surface area contributed by atoms with E-state index in [0.717, 1.165) is 16.9 Å². The average molecular weight is 272 g/mol. The predicted octanol–water partition coefficient (Wildman–Crippen LogP) is 2.34. The Labute approximate surface area is 109 Å². The number of hydrogen-bond acceptors (Lipinski definition) is 5. The number of carboxylic acids is 1. The molecule has 0 aliphatic heterocycles. The van der Waals surface area contributed by atoms with Crippen molar-refractivity contribution in [2.75, 3.05) is 6.54 Å². The summed E-state index contributed by atoms with van der Waals surface area (Å²) in [6.07, 6.45) is 0.0738. The molecule has 0 aliphatic carbocycles. The van der Waals surface area contributed by atoms with Gasteiger partial charge in [0.1, 0.15) is 0 Å². The molecule has 0 atom stereocenters. The Kier molecular flexibility index (Phi) is 5.24. The van der Waals surface area contributed by atoms with E-state index >= 15 is 0 Å². The monoisotopic (exact) mass is 272 g/mol. The van der Waals surface area contributed by atoms with Crippen molar-refractivity contribution in [2.45, 2.75) is 32.9 Å². The van der Waals surface area contributed by atoms with Crippen LogP contribution in [0.15, 0.2) is 11.4 Å². The van der Waals surface area contributed by atoms with Gasteiger partial charge in [0.15, 0.2) is 0 Å². The van der Waals surface area contributed by atoms with Gasteiger partial charge < -0.3 is 5.11 Å². The van der Waals surface area contributed by atoms with Crippen LogP contribution in [0, 0.1) is 10.1 Å². The molecule has 18 heavy (non-hydrogen) atoms. The first-order chi connectivity index (χ1) is 8.40. The summed E-state index contributed by atoms with van der Waals surface area (Å²) in [7, 11) is 0. The zero-order chi connectivity index (χ0) is 13.7. The van der Waals surface area contributed by atoms with E-state index in [1.165, 1.54) is 0 Å². The molecule has 1 heterocycles. The highest BCUT2D eigenvalue weighted by Gasteiger charge is 2.15. The molecule has 0 saturated heterocycles. The predicted molar refractivity (Wildman–Crippen MR) is 68.8 cm³/mol. The van der Waals surface area contributed by atoms with Crippen molar-refractivity contribution in [3.63, 3.8) is 0 Å². The second-order valence-electron chi connectivity index (χ2n) is 4.26. The number of carboxylic acid groups (broad SMARTS) is 1. The Bertz CT molecular complexity index is 430. The summed E-state index contributed by atoms with van der Waals surface area (Å²) in [4.78, 5) is 22.7. The number of nitro groups is 1. The lowest BCUT2D eigenvalue weighted by Gasteiger charge is -2.25. The topological polar surface area (TPSA) is 83.7 Å². The molecule has 0 aromatic carbocycles. The molecule has 0 bridgehead atoms. The number of thiophene rings is 1. The summed E-state index contributed by atoms with van der Waals surface area (Å²) in [5.74, 6) is -0.836. The van der Waals surface area contributed by atoms with Crippen LogP contribution in [0.3, 0.4) is 0 Å². The molecule has 1 rings (SSSR count). The van der Waals surface area contributed by atoms with E-state index in [2.05, 4.69) is 0 Å². The van der Waals surface area contributed by atoms with E-state index in [-0.39, 0.29) is 17.5 Å². The number of nitrogens with zero attached hydrogens (tertiary/aromatic N) is 2. The molecule has 0 radical (unpaired) electrons. The molecule has 0 saturated carbocycles. The Morgan fingerprint density at radius 1 is 1.61 bits per heavy atom. The number of hydrogen-bond donors (Lipinski definition) is 1. The molecule has 100 valence electrons. The van der Waals surface area contributed by atoms with E-state index in [4.69, 9.17) is 5.11 Å². The van der Waals surface area contributed by atoms with Crippen LogP contribution < -0.4 is 0 Å². The largest absolute Gasteiger partial charge is 0.481 e. The second-order valence-corrected chi connectivity index (χ2v) is 5.15. The number of carbonyl (C=O) groups is 1. The molecule has 0 spiro atoms. The lowest BCUT2D eigenvalue weighted by atomic mass is 10.2. The zero-order valence-electron chi connectivity index (χ0n) is 10.3. The van der Waals surface area contributed by atoms with Gasteiger partial charge in [-0.05, 0) is 19.4 Å². The quantitative estimate of drug-likeness (QED) is 0.608. The van der Waals surface area contributed by atoms with Crippen LogP contribution in [0.1, 0.15) is 25.8 Å². The van der Waals surface area contributed by atoms with Gasteiger partial charge in [-0.15, -0.1) is 0 Å². The molecule has 0 fully saturated rings. The first-order valence-electron chi connectivity index (χ1n) is 5.57. The van der Waals surface area contributed by atoms with Gasteiger partial charge in [0.2, 0.25) is 0 Å². The minimum atomic E-state index is -0.836. The molecule has 0 amide bonds. The first-order valence-corrected chi connectivity index (χ1v) is 6.45. The second kappa shape index (κ2) is 6.46. The van der Waals surface area contributed by atoms with Crippen molar-refractivity contribution in [3.05, 3.63) is 27.1 Å². The van der Waals surface area contributed by atoms with Crippen LogP contribution in [0.5, 0.6) is 0 Å². The van der Waals surface area contributed by atoms with Gasteiger partial charge in [0.25, 0.3) is 0 Å². The van der Waals surface area contributed by atoms with Crippen LogP contribution in [0.25, 0.3) is 0 Å². The lowest BCUT2D eigenvalue weighted by Crippen LogP contribution is -2.32. The van der Waals surface area contributed by atoms with Crippen LogP contribution in [0.4, 0.5) is 5.00 Å². The van der Waals surface area contributed by atoms with Crippen LogP contribution in [-0.4, -0.2) is 33.5 Å². The van der Waals surface area contributed by atoms with Crippen molar-refractivity contribution in [1.82, 2.24) is 4.90 Å². The Hall–Kier alpha value is -1.47. The maximum Gasteiger partial charge on any atom is 0.324 e. The van der Waals surface area contributed by atoms with E-state index in [1.54, 1.807) is 11.4 Å². The molecule has 7 heteroatoms. The van der Waals surface area contributed by atoms with Gasteiger partial charge in [0.05, 0.1) is 11.3 Å². The smallest absolute Gasteiger partial charge is 0.324 e. The van der Waals surface area contributed by atoms with Crippen LogP contribution in [0.2, 0.25) is 0 Å². The fourth-order valence-corrected chi connectivity index (χ4v) is 2.26. The van der Waals surface area contributed by atoms with Gasteiger partial charge in [-0.1, -0.05) is 11.3 Å². The van der Waals surface area contributed by atoms with Gasteiger partial charge >= 0.3 is 11.0 Å². The first kappa shape index (κ1) is 14.6. The fourth-order valence-electron chi connectivity index (χ4n) is 1.53. The third kappa shape index (κ3) is 4.42. The molecule has 6 nitrogen and oxygen atoms in total. The zero-order valence-corrected chi connectivity index (χ0v) is 11.1. The molecule has 1 aromatic rings. The molecule has 1 N–H and O–H groups in total. The molecule has 1 aromatic heterocycles. The summed E-state index contributed by atoms with van der Waals surface area (Å²) in [5, 5.41) is 21.1. The third-order valence-corrected chi connectivity index (χ3v) is 3.48. The van der Waals surface area contributed by atoms with Crippen molar-refractivity contribution in [1.29, 1.82) is 0 Å². The van der Waals surface area contributed by atoms with Gasteiger partial charge in [0, 0.05) is 30.6 Å². The Morgan fingerprint density at radius 2 is 2.28 bits per heavy atom. The van der Waals surface area contributed by atoms with E-state index in [1.807, 2.05) is 18.7 Å². The van der Waals surface area contributed by atoms with Crippen molar-refractivity contribution < 1.29 is 14.8 Å². The van der Waals surface area contributed by atoms with Crippen molar-refractivity contribution in [2.24, 2.45) is 0 Å². The summed E-state index contributed by atoms with van der Waals surface area (Å²) in [6, 6.07) is 1.74. The maximum absolute atomic E-state index is 10.6. The van der Waals surface area contributed by atoms with Crippen molar-refractivity contribution >= 4 is 22.3 Å². The SMILES string of the molecule is CC(C)N(CCC(=O)O)Cc1csc([N+](=O)[O-])c1. The van der Waals surface area contributed by atoms with E-state index < -0.39 is 10.9 Å². The Balaban J connectivity index is 2.64. The minimum absolute atomic E-state index is 0.0738. The summed E-state index contributed by atoms with van der Waals surface area (Å²) >= 11 is 1.09. The van der Waals surface area contributed by atoms with Crippen LogP contribution in [-0.2, 0) is 11.3 Å². The maximum atomic E-state index is 10.6. The number of aliphatic carboxylic acids is 1. The fraction of sp³-hybridized carbons (Fsp3) is 0.545. The molecular formula is C11H16N2O4S.